The van der Waals surface area contributed by atoms with Crippen LogP contribution in [0, 0.1) is 0 Å². The Kier molecular flexibility index (Phi) is 8.19. The van der Waals surface area contributed by atoms with Crippen molar-refractivity contribution in [1.29, 1.82) is 0 Å². The molecule has 0 aliphatic carbocycles. The topological polar surface area (TPSA) is 79.1 Å². The normalized spacial score (nSPS) is 14.9. The van der Waals surface area contributed by atoms with Crippen LogP contribution >= 0.6 is 22.9 Å². The molecular formula is C31H27ClN2O5S. The van der Waals surface area contributed by atoms with Gasteiger partial charge in [0.25, 0.3) is 5.56 Å². The van der Waals surface area contributed by atoms with Gasteiger partial charge in [-0.2, -0.15) is 0 Å². The molecule has 1 atom stereocenters. The molecule has 2 heterocycles. The van der Waals surface area contributed by atoms with Gasteiger partial charge in [0.2, 0.25) is 0 Å². The molecule has 204 valence electrons. The molecular weight excluding hydrogens is 548 g/mol. The molecule has 0 bridgehead atoms. The zero-order valence-electron chi connectivity index (χ0n) is 22.2. The molecule has 0 N–H and O–H groups in total. The number of aromatic nitrogens is 1. The van der Waals surface area contributed by atoms with Crippen molar-refractivity contribution in [3.8, 4) is 11.5 Å². The summed E-state index contributed by atoms with van der Waals surface area (Å²) in [6.45, 7) is 4.12. The molecule has 0 amide bonds. The first kappa shape index (κ1) is 27.4. The highest BCUT2D eigenvalue weighted by Gasteiger charge is 2.33. The van der Waals surface area contributed by atoms with E-state index in [0.717, 1.165) is 16.7 Å². The maximum atomic E-state index is 13.8. The minimum atomic E-state index is -0.683. The van der Waals surface area contributed by atoms with E-state index in [1.54, 1.807) is 37.7 Å². The molecule has 0 saturated heterocycles. The molecule has 3 aromatic carbocycles. The van der Waals surface area contributed by atoms with E-state index in [2.05, 4.69) is 4.99 Å². The third-order valence-corrected chi connectivity index (χ3v) is 7.66. The summed E-state index contributed by atoms with van der Waals surface area (Å²) in [6.07, 6.45) is 1.81. The summed E-state index contributed by atoms with van der Waals surface area (Å²) in [5.41, 5.74) is 3.17. The molecule has 4 aromatic rings. The summed E-state index contributed by atoms with van der Waals surface area (Å²) >= 11 is 7.25. The minimum Gasteiger partial charge on any atom is -0.497 e. The second kappa shape index (κ2) is 11.9. The van der Waals surface area contributed by atoms with E-state index in [4.69, 9.17) is 25.8 Å². The number of methoxy groups -OCH3 is 1. The number of carbonyl (C=O) groups is 1. The molecule has 0 fully saturated rings. The molecule has 1 aromatic heterocycles. The molecule has 9 heteroatoms. The van der Waals surface area contributed by atoms with E-state index in [-0.39, 0.29) is 12.2 Å². The van der Waals surface area contributed by atoms with Gasteiger partial charge in [-0.25, -0.2) is 9.79 Å². The number of carbonyl (C=O) groups excluding carboxylic acids is 1. The summed E-state index contributed by atoms with van der Waals surface area (Å²) in [5.74, 6) is 0.852. The number of halogens is 1. The van der Waals surface area contributed by atoms with E-state index in [0.29, 0.717) is 43.7 Å². The van der Waals surface area contributed by atoms with Crippen LogP contribution in [0.25, 0.3) is 6.08 Å². The second-order valence-electron chi connectivity index (χ2n) is 9.06. The summed E-state index contributed by atoms with van der Waals surface area (Å²) in [7, 11) is 1.59. The standard InChI is InChI=1S/C31H27ClN2O5S/c1-4-38-30(36)27-19(2)33-31-34(28(27)22-10-14-24(37-3)15-11-22)29(35)26(40-31)17-21-6-5-7-25(16-21)39-18-20-8-12-23(32)13-9-20/h5-17,28H,4,18H2,1-3H3/b26-17-. The van der Waals surface area contributed by atoms with Crippen molar-refractivity contribution in [2.75, 3.05) is 13.7 Å². The van der Waals surface area contributed by atoms with Crippen LogP contribution in [0.3, 0.4) is 0 Å². The van der Waals surface area contributed by atoms with E-state index < -0.39 is 12.0 Å². The molecule has 0 saturated carbocycles. The SMILES string of the molecule is CCOC(=O)C1=C(C)N=c2s/c(=C\c3cccc(OCc4ccc(Cl)cc4)c3)c(=O)n2C1c1ccc(OC)cc1. The van der Waals surface area contributed by atoms with Gasteiger partial charge in [0.1, 0.15) is 18.1 Å². The quantitative estimate of drug-likeness (QED) is 0.276. The first-order valence-corrected chi connectivity index (χ1v) is 13.9. The Bertz CT molecular complexity index is 1760. The maximum Gasteiger partial charge on any atom is 0.338 e. The zero-order chi connectivity index (χ0) is 28.2. The lowest BCUT2D eigenvalue weighted by atomic mass is 9.96. The Balaban J connectivity index is 1.53. The number of benzene rings is 3. The van der Waals surface area contributed by atoms with Crippen LogP contribution in [0.2, 0.25) is 5.02 Å². The number of thiazole rings is 1. The van der Waals surface area contributed by atoms with Crippen molar-refractivity contribution in [2.24, 2.45) is 4.99 Å². The number of allylic oxidation sites excluding steroid dienone is 1. The van der Waals surface area contributed by atoms with Crippen LogP contribution in [-0.2, 0) is 16.1 Å². The Labute approximate surface area is 240 Å². The van der Waals surface area contributed by atoms with Gasteiger partial charge in [-0.3, -0.25) is 9.36 Å². The fourth-order valence-corrected chi connectivity index (χ4v) is 5.66. The molecule has 40 heavy (non-hydrogen) atoms. The Morgan fingerprint density at radius 3 is 2.52 bits per heavy atom. The first-order valence-electron chi connectivity index (χ1n) is 12.7. The van der Waals surface area contributed by atoms with Gasteiger partial charge in [0.05, 0.1) is 35.6 Å². The van der Waals surface area contributed by atoms with Gasteiger partial charge in [-0.15, -0.1) is 0 Å². The first-order chi connectivity index (χ1) is 19.4. The van der Waals surface area contributed by atoms with Crippen molar-refractivity contribution >= 4 is 35.0 Å². The van der Waals surface area contributed by atoms with Crippen LogP contribution in [0.1, 0.15) is 36.6 Å². The van der Waals surface area contributed by atoms with Gasteiger partial charge in [0, 0.05) is 5.02 Å². The molecule has 1 aliphatic rings. The van der Waals surface area contributed by atoms with Crippen LogP contribution in [-0.4, -0.2) is 24.3 Å². The van der Waals surface area contributed by atoms with Crippen LogP contribution in [0.15, 0.2) is 93.9 Å². The fraction of sp³-hybridized carbons (Fsp3) is 0.194. The summed E-state index contributed by atoms with van der Waals surface area (Å²) in [6, 6.07) is 21.6. The Morgan fingerprint density at radius 2 is 1.82 bits per heavy atom. The highest BCUT2D eigenvalue weighted by molar-refractivity contribution is 7.07. The average molecular weight is 575 g/mol. The van der Waals surface area contributed by atoms with Crippen LogP contribution in [0.5, 0.6) is 11.5 Å². The largest absolute Gasteiger partial charge is 0.497 e. The van der Waals surface area contributed by atoms with Crippen molar-refractivity contribution in [2.45, 2.75) is 26.5 Å². The van der Waals surface area contributed by atoms with Gasteiger partial charge >= 0.3 is 5.97 Å². The van der Waals surface area contributed by atoms with Crippen molar-refractivity contribution in [1.82, 2.24) is 4.57 Å². The monoisotopic (exact) mass is 574 g/mol. The Hall–Kier alpha value is -4.14. The number of hydrogen-bond donors (Lipinski definition) is 0. The molecule has 0 radical (unpaired) electrons. The van der Waals surface area contributed by atoms with Crippen molar-refractivity contribution in [3.05, 3.63) is 125 Å². The fourth-order valence-electron chi connectivity index (χ4n) is 4.49. The third kappa shape index (κ3) is 5.73. The highest BCUT2D eigenvalue weighted by Crippen LogP contribution is 2.31. The predicted octanol–water partition coefficient (Wildman–Crippen LogP) is 5.04. The highest BCUT2D eigenvalue weighted by atomic mass is 35.5. The summed E-state index contributed by atoms with van der Waals surface area (Å²) in [4.78, 5) is 32.0. The number of nitrogens with zero attached hydrogens (tertiary/aromatic N) is 2. The molecule has 0 spiro atoms. The number of ether oxygens (including phenoxy) is 3. The smallest absolute Gasteiger partial charge is 0.338 e. The van der Waals surface area contributed by atoms with E-state index in [1.165, 1.54) is 11.3 Å². The second-order valence-corrected chi connectivity index (χ2v) is 10.5. The Morgan fingerprint density at radius 1 is 1.07 bits per heavy atom. The zero-order valence-corrected chi connectivity index (χ0v) is 23.8. The lowest BCUT2D eigenvalue weighted by Gasteiger charge is -2.24. The number of hydrogen-bond acceptors (Lipinski definition) is 7. The van der Waals surface area contributed by atoms with Crippen molar-refractivity contribution < 1.29 is 19.0 Å². The minimum absolute atomic E-state index is 0.214. The maximum absolute atomic E-state index is 13.8. The van der Waals surface area contributed by atoms with Gasteiger partial charge in [-0.05, 0) is 73.0 Å². The van der Waals surface area contributed by atoms with Gasteiger partial charge in [-0.1, -0.05) is 59.3 Å². The predicted molar refractivity (Wildman–Crippen MR) is 156 cm³/mol. The lowest BCUT2D eigenvalue weighted by molar-refractivity contribution is -0.139. The molecule has 5 rings (SSSR count). The number of rotatable bonds is 8. The molecule has 7 nitrogen and oxygen atoms in total. The number of fused-ring (bicyclic) bond motifs is 1. The van der Waals surface area contributed by atoms with E-state index in [9.17, 15) is 9.59 Å². The molecule has 1 aliphatic heterocycles. The third-order valence-electron chi connectivity index (χ3n) is 6.42. The molecule has 1 unspecified atom stereocenters. The van der Waals surface area contributed by atoms with Gasteiger partial charge < -0.3 is 14.2 Å². The van der Waals surface area contributed by atoms with E-state index >= 15 is 0 Å². The lowest BCUT2D eigenvalue weighted by Crippen LogP contribution is -2.39. The summed E-state index contributed by atoms with van der Waals surface area (Å²) in [5, 5.41) is 0.672. The van der Waals surface area contributed by atoms with E-state index in [1.807, 2.05) is 66.7 Å². The number of esters is 1. The summed E-state index contributed by atoms with van der Waals surface area (Å²) < 4.78 is 18.7. The average Bonchev–Trinajstić information content (AvgIpc) is 3.26. The van der Waals surface area contributed by atoms with Crippen LogP contribution in [0.4, 0.5) is 0 Å². The van der Waals surface area contributed by atoms with Gasteiger partial charge in [0.15, 0.2) is 4.80 Å². The van der Waals surface area contributed by atoms with Crippen molar-refractivity contribution in [3.63, 3.8) is 0 Å². The van der Waals surface area contributed by atoms with Crippen LogP contribution < -0.4 is 24.4 Å².